The van der Waals surface area contributed by atoms with E-state index in [4.69, 9.17) is 10.5 Å². The molecule has 1 aliphatic rings. The third kappa shape index (κ3) is 6.80. The van der Waals surface area contributed by atoms with Gasteiger partial charge in [0, 0.05) is 19.3 Å². The Morgan fingerprint density at radius 2 is 1.94 bits per heavy atom. The lowest BCUT2D eigenvalue weighted by molar-refractivity contribution is 0.157. The second-order valence-corrected chi connectivity index (χ2v) is 6.79. The van der Waals surface area contributed by atoms with E-state index in [1.165, 1.54) is 25.5 Å². The lowest BCUT2D eigenvalue weighted by Crippen LogP contribution is -2.41. The van der Waals surface area contributed by atoms with Crippen molar-refractivity contribution >= 4 is 15.8 Å². The van der Waals surface area contributed by atoms with E-state index in [1.807, 2.05) is 0 Å². The number of rotatable bonds is 6. The number of aliphatic imine (C=N–C) groups is 1. The Balaban J connectivity index is 2.11. The highest BCUT2D eigenvalue weighted by molar-refractivity contribution is 7.90. The van der Waals surface area contributed by atoms with Crippen LogP contribution in [0.3, 0.4) is 0 Å². The fourth-order valence-electron chi connectivity index (χ4n) is 1.76. The van der Waals surface area contributed by atoms with E-state index in [0.717, 1.165) is 13.1 Å². The lowest BCUT2D eigenvalue weighted by atomic mass is 10.1. The molecule has 1 heterocycles. The van der Waals surface area contributed by atoms with Crippen LogP contribution in [-0.4, -0.2) is 64.1 Å². The van der Waals surface area contributed by atoms with Crippen LogP contribution in [0.2, 0.25) is 0 Å². The van der Waals surface area contributed by atoms with Crippen molar-refractivity contribution < 1.29 is 13.2 Å². The van der Waals surface area contributed by atoms with Gasteiger partial charge in [-0.3, -0.25) is 4.99 Å². The second kappa shape index (κ2) is 7.58. The van der Waals surface area contributed by atoms with Gasteiger partial charge in [-0.1, -0.05) is 0 Å². The van der Waals surface area contributed by atoms with Gasteiger partial charge in [-0.15, -0.1) is 0 Å². The molecule has 18 heavy (non-hydrogen) atoms. The predicted octanol–water partition coefficient (Wildman–Crippen LogP) is -0.152. The van der Waals surface area contributed by atoms with E-state index in [2.05, 4.69) is 9.89 Å². The van der Waals surface area contributed by atoms with Gasteiger partial charge in [0.05, 0.1) is 25.5 Å². The molecule has 0 bridgehead atoms. The minimum Gasteiger partial charge on any atom is -0.378 e. The van der Waals surface area contributed by atoms with Crippen LogP contribution in [0.25, 0.3) is 0 Å². The molecule has 1 rings (SSSR count). The van der Waals surface area contributed by atoms with Crippen molar-refractivity contribution in [2.75, 3.05) is 44.9 Å². The third-order valence-electron chi connectivity index (χ3n) is 2.79. The van der Waals surface area contributed by atoms with Crippen molar-refractivity contribution in [2.24, 2.45) is 10.7 Å². The van der Waals surface area contributed by atoms with Crippen molar-refractivity contribution in [3.8, 4) is 0 Å². The number of hydrogen-bond donors (Lipinski definition) is 1. The molecular weight excluding hydrogens is 254 g/mol. The molecule has 0 unspecified atom stereocenters. The van der Waals surface area contributed by atoms with Crippen molar-refractivity contribution in [2.45, 2.75) is 19.3 Å². The smallest absolute Gasteiger partial charge is 0.191 e. The molecule has 1 aliphatic heterocycles. The number of nitrogens with zero attached hydrogens (tertiary/aromatic N) is 2. The second-order valence-electron chi connectivity index (χ2n) is 4.53. The molecule has 0 aromatic carbocycles. The highest BCUT2D eigenvalue weighted by Gasteiger charge is 2.11. The van der Waals surface area contributed by atoms with Gasteiger partial charge in [-0.2, -0.15) is 0 Å². The van der Waals surface area contributed by atoms with Gasteiger partial charge >= 0.3 is 0 Å². The lowest BCUT2D eigenvalue weighted by Gasteiger charge is -2.27. The Morgan fingerprint density at radius 3 is 2.56 bits per heavy atom. The summed E-state index contributed by atoms with van der Waals surface area (Å²) in [5, 5.41) is 0. The van der Waals surface area contributed by atoms with Crippen LogP contribution in [0.4, 0.5) is 0 Å². The maximum atomic E-state index is 10.8. The molecular formula is C11H23N3O3S. The van der Waals surface area contributed by atoms with Crippen LogP contribution >= 0.6 is 0 Å². The molecule has 0 amide bonds. The zero-order valence-electron chi connectivity index (χ0n) is 11.0. The Hall–Kier alpha value is -0.820. The predicted molar refractivity (Wildman–Crippen MR) is 72.4 cm³/mol. The fourth-order valence-corrected chi connectivity index (χ4v) is 2.18. The first-order valence-electron chi connectivity index (χ1n) is 6.29. The quantitative estimate of drug-likeness (QED) is 0.414. The summed E-state index contributed by atoms with van der Waals surface area (Å²) in [7, 11) is -2.94. The van der Waals surface area contributed by atoms with Crippen LogP contribution in [0.1, 0.15) is 19.3 Å². The summed E-state index contributed by atoms with van der Waals surface area (Å²) >= 11 is 0. The van der Waals surface area contributed by atoms with Crippen LogP contribution in [0.5, 0.6) is 0 Å². The minimum atomic E-state index is -2.94. The maximum Gasteiger partial charge on any atom is 0.191 e. The Bertz CT molecular complexity index is 362. The highest BCUT2D eigenvalue weighted by Crippen LogP contribution is 2.07. The van der Waals surface area contributed by atoms with Crippen LogP contribution in [-0.2, 0) is 14.6 Å². The zero-order valence-corrected chi connectivity index (χ0v) is 11.8. The summed E-state index contributed by atoms with van der Waals surface area (Å²) in [6.07, 6.45) is 4.80. The number of likely N-dealkylation sites (tertiary alicyclic amines) is 1. The molecule has 0 aromatic rings. The topological polar surface area (TPSA) is 85.0 Å². The molecule has 0 aromatic heterocycles. The zero-order chi connectivity index (χ0) is 13.4. The van der Waals surface area contributed by atoms with Gasteiger partial charge in [-0.05, 0) is 19.3 Å². The summed E-state index contributed by atoms with van der Waals surface area (Å²) in [4.78, 5) is 6.31. The Morgan fingerprint density at radius 1 is 1.28 bits per heavy atom. The molecule has 1 fully saturated rings. The van der Waals surface area contributed by atoms with E-state index in [1.54, 1.807) is 0 Å². The molecule has 1 saturated heterocycles. The molecule has 0 saturated carbocycles. The summed E-state index contributed by atoms with van der Waals surface area (Å²) in [6, 6.07) is 0. The van der Waals surface area contributed by atoms with Crippen LogP contribution in [0, 0.1) is 0 Å². The van der Waals surface area contributed by atoms with Crippen molar-refractivity contribution in [1.82, 2.24) is 4.90 Å². The van der Waals surface area contributed by atoms with Gasteiger partial charge in [0.25, 0.3) is 0 Å². The first-order valence-corrected chi connectivity index (χ1v) is 8.35. The number of guanidine groups is 1. The Kier molecular flexibility index (Phi) is 6.42. The third-order valence-corrected chi connectivity index (χ3v) is 3.70. The van der Waals surface area contributed by atoms with Gasteiger partial charge in [0.2, 0.25) is 0 Å². The number of sulfone groups is 1. The van der Waals surface area contributed by atoms with Gasteiger partial charge < -0.3 is 15.4 Å². The monoisotopic (exact) mass is 277 g/mol. The standard InChI is InChI=1S/C11H23N3O3S/c1-18(15,16)10-9-17-8-5-13-11(12)14-6-3-2-4-7-14/h2-10H2,1H3,(H2,12,13). The summed E-state index contributed by atoms with van der Waals surface area (Å²) in [5.41, 5.74) is 5.86. The molecule has 0 spiro atoms. The summed E-state index contributed by atoms with van der Waals surface area (Å²) in [5.74, 6) is 0.625. The largest absolute Gasteiger partial charge is 0.378 e. The van der Waals surface area contributed by atoms with E-state index in [9.17, 15) is 8.42 Å². The molecule has 0 radical (unpaired) electrons. The highest BCUT2D eigenvalue weighted by atomic mass is 32.2. The number of ether oxygens (including phenoxy) is 1. The summed E-state index contributed by atoms with van der Waals surface area (Å²) < 4.78 is 26.9. The Labute approximate surface area is 109 Å². The number of hydrogen-bond acceptors (Lipinski definition) is 4. The average Bonchev–Trinajstić information content (AvgIpc) is 2.33. The average molecular weight is 277 g/mol. The normalized spacial score (nSPS) is 18.1. The molecule has 2 N–H and O–H groups in total. The van der Waals surface area contributed by atoms with Crippen molar-refractivity contribution in [1.29, 1.82) is 0 Å². The van der Waals surface area contributed by atoms with Gasteiger partial charge in [0.1, 0.15) is 9.84 Å². The van der Waals surface area contributed by atoms with Crippen LogP contribution in [0.15, 0.2) is 4.99 Å². The molecule has 0 atom stereocenters. The van der Waals surface area contributed by atoms with Crippen molar-refractivity contribution in [3.05, 3.63) is 0 Å². The number of nitrogens with two attached hydrogens (primary N) is 1. The SMILES string of the molecule is CS(=O)(=O)CCOCCN=C(N)N1CCCCC1. The molecule has 106 valence electrons. The first-order chi connectivity index (χ1) is 8.49. The number of piperidine rings is 1. The minimum absolute atomic E-state index is 0.0539. The van der Waals surface area contributed by atoms with E-state index in [-0.39, 0.29) is 12.4 Å². The molecule has 0 aliphatic carbocycles. The van der Waals surface area contributed by atoms with E-state index >= 15 is 0 Å². The molecule has 6 nitrogen and oxygen atoms in total. The van der Waals surface area contributed by atoms with Crippen LogP contribution < -0.4 is 5.73 Å². The molecule has 7 heteroatoms. The van der Waals surface area contributed by atoms with E-state index in [0.29, 0.717) is 19.1 Å². The maximum absolute atomic E-state index is 10.8. The fraction of sp³-hybridized carbons (Fsp3) is 0.909. The summed E-state index contributed by atoms with van der Waals surface area (Å²) in [6.45, 7) is 3.06. The first kappa shape index (κ1) is 15.2. The van der Waals surface area contributed by atoms with E-state index < -0.39 is 9.84 Å². The van der Waals surface area contributed by atoms with Gasteiger partial charge in [-0.25, -0.2) is 8.42 Å². The van der Waals surface area contributed by atoms with Crippen molar-refractivity contribution in [3.63, 3.8) is 0 Å². The van der Waals surface area contributed by atoms with Gasteiger partial charge in [0.15, 0.2) is 5.96 Å².